The van der Waals surface area contributed by atoms with Gasteiger partial charge in [-0.1, -0.05) is 30.3 Å². The number of carboxylic acids is 1. The van der Waals surface area contributed by atoms with Crippen LogP contribution in [0.4, 0.5) is 5.82 Å². The molecule has 3 atom stereocenters. The van der Waals surface area contributed by atoms with Crippen LogP contribution in [0.15, 0.2) is 36.4 Å². The van der Waals surface area contributed by atoms with Gasteiger partial charge in [-0.2, -0.15) is 0 Å². The summed E-state index contributed by atoms with van der Waals surface area (Å²) in [5.41, 5.74) is 4.75. The number of pyridine rings is 1. The molecule has 0 bridgehead atoms. The summed E-state index contributed by atoms with van der Waals surface area (Å²) in [5.74, 6) is 1.11. The third-order valence-electron chi connectivity index (χ3n) is 7.50. The molecule has 5 rings (SSSR count). The second-order valence-corrected chi connectivity index (χ2v) is 9.43. The number of carbonyl (C=O) groups is 2. The molecule has 1 aromatic carbocycles. The number of carboxylic acid groups (broad SMARTS) is 1. The van der Waals surface area contributed by atoms with Gasteiger partial charge in [0.05, 0.1) is 6.42 Å². The smallest absolute Gasteiger partial charge is 0.303 e. The van der Waals surface area contributed by atoms with E-state index in [-0.39, 0.29) is 24.2 Å². The van der Waals surface area contributed by atoms with Gasteiger partial charge in [0.2, 0.25) is 5.91 Å². The molecular formula is C26H31N3O3. The average Bonchev–Trinajstić information content (AvgIpc) is 3.11. The Labute approximate surface area is 189 Å². The number of aromatic nitrogens is 1. The largest absolute Gasteiger partial charge is 0.481 e. The first-order chi connectivity index (χ1) is 15.6. The Morgan fingerprint density at radius 3 is 2.84 bits per heavy atom. The number of anilines is 1. The fraction of sp³-hybridized carbons (Fsp3) is 0.500. The van der Waals surface area contributed by atoms with Crippen LogP contribution in [0, 0.1) is 5.92 Å². The number of hydrogen-bond acceptors (Lipinski definition) is 4. The number of aryl methyl sites for hydroxylation is 2. The quantitative estimate of drug-likeness (QED) is 0.720. The first-order valence-corrected chi connectivity index (χ1v) is 11.9. The Bertz CT molecular complexity index is 1020. The number of nitrogens with zero attached hydrogens (tertiary/aromatic N) is 2. The van der Waals surface area contributed by atoms with Crippen LogP contribution in [-0.4, -0.2) is 46.5 Å². The van der Waals surface area contributed by atoms with Crippen molar-refractivity contribution in [3.8, 4) is 0 Å². The number of amides is 1. The molecule has 0 spiro atoms. The molecule has 6 heteroatoms. The predicted octanol–water partition coefficient (Wildman–Crippen LogP) is 3.97. The number of hydrogen-bond donors (Lipinski definition) is 2. The van der Waals surface area contributed by atoms with Crippen molar-refractivity contribution in [3.63, 3.8) is 0 Å². The lowest BCUT2D eigenvalue weighted by Crippen LogP contribution is -2.42. The molecule has 3 aliphatic rings. The number of carbonyl (C=O) groups excluding carboxylic acids is 1. The molecule has 1 aromatic heterocycles. The van der Waals surface area contributed by atoms with Crippen molar-refractivity contribution >= 4 is 17.7 Å². The molecule has 2 aromatic rings. The Morgan fingerprint density at radius 1 is 1.16 bits per heavy atom. The lowest BCUT2D eigenvalue weighted by atomic mass is 9.80. The van der Waals surface area contributed by atoms with Crippen molar-refractivity contribution in [2.75, 3.05) is 25.0 Å². The maximum absolute atomic E-state index is 13.0. The summed E-state index contributed by atoms with van der Waals surface area (Å²) in [6.45, 7) is 2.41. The van der Waals surface area contributed by atoms with Crippen molar-refractivity contribution in [2.45, 2.75) is 56.8 Å². The van der Waals surface area contributed by atoms with E-state index in [1.807, 2.05) is 17.0 Å². The maximum Gasteiger partial charge on any atom is 0.303 e. The highest BCUT2D eigenvalue weighted by Crippen LogP contribution is 2.51. The summed E-state index contributed by atoms with van der Waals surface area (Å²) in [6.07, 6.45) is 5.43. The monoisotopic (exact) mass is 433 g/mol. The van der Waals surface area contributed by atoms with E-state index < -0.39 is 5.97 Å². The third kappa shape index (κ3) is 4.10. The minimum atomic E-state index is -0.741. The van der Waals surface area contributed by atoms with E-state index in [1.165, 1.54) is 16.7 Å². The van der Waals surface area contributed by atoms with Crippen LogP contribution in [-0.2, 0) is 22.4 Å². The fourth-order valence-corrected chi connectivity index (χ4v) is 5.96. The van der Waals surface area contributed by atoms with Crippen molar-refractivity contribution in [1.82, 2.24) is 9.88 Å². The molecule has 3 unspecified atom stereocenters. The Hall–Kier alpha value is -2.89. The number of likely N-dealkylation sites (tertiary alicyclic amines) is 1. The normalized spacial score (nSPS) is 23.6. The van der Waals surface area contributed by atoms with Gasteiger partial charge >= 0.3 is 5.97 Å². The second kappa shape index (κ2) is 8.93. The van der Waals surface area contributed by atoms with Crippen molar-refractivity contribution in [3.05, 3.63) is 58.8 Å². The molecule has 0 saturated carbocycles. The van der Waals surface area contributed by atoms with E-state index >= 15 is 0 Å². The van der Waals surface area contributed by atoms with Gasteiger partial charge in [0.25, 0.3) is 0 Å². The van der Waals surface area contributed by atoms with Gasteiger partial charge in [0, 0.05) is 37.7 Å². The number of benzene rings is 1. The summed E-state index contributed by atoms with van der Waals surface area (Å²) in [7, 11) is 0. The summed E-state index contributed by atoms with van der Waals surface area (Å²) in [6, 6.07) is 12.5. The summed E-state index contributed by atoms with van der Waals surface area (Å²) < 4.78 is 0. The Kier molecular flexibility index (Phi) is 5.85. The standard InChI is InChI=1S/C26H31N3O3/c30-24(9-3-6-18-11-10-17-5-4-13-27-26(17)28-18)29-14-12-21-22(15-25(31)32)19-7-1-2-8-20(19)23(21)16-29/h1-2,7-8,10-11,21-23H,3-6,9,12-16H2,(H,27,28)(H,31,32). The minimum absolute atomic E-state index is 0.0645. The first-order valence-electron chi connectivity index (χ1n) is 11.9. The van der Waals surface area contributed by atoms with Crippen LogP contribution in [0.2, 0.25) is 0 Å². The second-order valence-electron chi connectivity index (χ2n) is 9.43. The summed E-state index contributed by atoms with van der Waals surface area (Å²) >= 11 is 0. The highest BCUT2D eigenvalue weighted by molar-refractivity contribution is 5.76. The van der Waals surface area contributed by atoms with Crippen LogP contribution in [0.25, 0.3) is 0 Å². The van der Waals surface area contributed by atoms with E-state index in [1.54, 1.807) is 0 Å². The number of rotatable bonds is 6. The minimum Gasteiger partial charge on any atom is -0.481 e. The average molecular weight is 434 g/mol. The molecule has 168 valence electrons. The van der Waals surface area contributed by atoms with Crippen LogP contribution in [0.1, 0.15) is 66.3 Å². The SMILES string of the molecule is O=C(O)CC1c2ccccc2C2CN(C(=O)CCCc3ccc4c(n3)NCCC4)CCC12. The van der Waals surface area contributed by atoms with E-state index in [4.69, 9.17) is 4.98 Å². The van der Waals surface area contributed by atoms with Gasteiger partial charge < -0.3 is 15.3 Å². The molecule has 2 N–H and O–H groups in total. The van der Waals surface area contributed by atoms with Crippen molar-refractivity contribution < 1.29 is 14.7 Å². The molecule has 1 amide bonds. The number of aliphatic carboxylic acids is 1. The maximum atomic E-state index is 13.0. The van der Waals surface area contributed by atoms with Gasteiger partial charge in [0.15, 0.2) is 0 Å². The number of piperidine rings is 1. The van der Waals surface area contributed by atoms with Crippen LogP contribution < -0.4 is 5.32 Å². The highest BCUT2D eigenvalue weighted by atomic mass is 16.4. The summed E-state index contributed by atoms with van der Waals surface area (Å²) in [4.78, 5) is 31.2. The predicted molar refractivity (Wildman–Crippen MR) is 123 cm³/mol. The zero-order valence-electron chi connectivity index (χ0n) is 18.4. The zero-order chi connectivity index (χ0) is 22.1. The molecule has 3 heterocycles. The molecular weight excluding hydrogens is 402 g/mol. The molecule has 0 radical (unpaired) electrons. The fourth-order valence-electron chi connectivity index (χ4n) is 5.96. The van der Waals surface area contributed by atoms with Crippen molar-refractivity contribution in [1.29, 1.82) is 0 Å². The lowest BCUT2D eigenvalue weighted by molar-refractivity contribution is -0.138. The van der Waals surface area contributed by atoms with E-state index in [0.29, 0.717) is 18.9 Å². The molecule has 1 fully saturated rings. The van der Waals surface area contributed by atoms with E-state index in [9.17, 15) is 14.7 Å². The molecule has 1 aliphatic carbocycles. The summed E-state index contributed by atoms with van der Waals surface area (Å²) in [5, 5.41) is 12.8. The molecule has 32 heavy (non-hydrogen) atoms. The zero-order valence-corrected chi connectivity index (χ0v) is 18.4. The van der Waals surface area contributed by atoms with Gasteiger partial charge in [-0.3, -0.25) is 9.59 Å². The molecule has 1 saturated heterocycles. The van der Waals surface area contributed by atoms with Gasteiger partial charge in [-0.15, -0.1) is 0 Å². The first kappa shape index (κ1) is 21.0. The van der Waals surface area contributed by atoms with Crippen LogP contribution in [0.5, 0.6) is 0 Å². The van der Waals surface area contributed by atoms with E-state index in [2.05, 4.69) is 29.6 Å². The Balaban J connectivity index is 1.19. The molecule has 6 nitrogen and oxygen atoms in total. The van der Waals surface area contributed by atoms with Crippen molar-refractivity contribution in [2.24, 2.45) is 5.92 Å². The van der Waals surface area contributed by atoms with Gasteiger partial charge in [-0.25, -0.2) is 4.98 Å². The lowest BCUT2D eigenvalue weighted by Gasteiger charge is -2.37. The highest BCUT2D eigenvalue weighted by Gasteiger charge is 2.44. The van der Waals surface area contributed by atoms with Gasteiger partial charge in [0.1, 0.15) is 5.82 Å². The third-order valence-corrected chi connectivity index (χ3v) is 7.50. The van der Waals surface area contributed by atoms with E-state index in [0.717, 1.165) is 56.7 Å². The van der Waals surface area contributed by atoms with Crippen LogP contribution in [0.3, 0.4) is 0 Å². The number of nitrogens with one attached hydrogen (secondary N) is 1. The topological polar surface area (TPSA) is 82.5 Å². The molecule has 2 aliphatic heterocycles. The Morgan fingerprint density at radius 2 is 2.00 bits per heavy atom. The van der Waals surface area contributed by atoms with Crippen LogP contribution >= 0.6 is 0 Å². The number of fused-ring (bicyclic) bond motifs is 4. The van der Waals surface area contributed by atoms with Gasteiger partial charge in [-0.05, 0) is 66.7 Å².